The van der Waals surface area contributed by atoms with Crippen LogP contribution in [0.4, 0.5) is 4.39 Å². The number of halogens is 1. The van der Waals surface area contributed by atoms with Crippen LogP contribution in [0, 0.1) is 5.82 Å². The van der Waals surface area contributed by atoms with E-state index in [1.54, 1.807) is 6.07 Å². The fourth-order valence-corrected chi connectivity index (χ4v) is 2.22. The lowest BCUT2D eigenvalue weighted by Crippen LogP contribution is -2.02. The molecule has 0 saturated carbocycles. The van der Waals surface area contributed by atoms with Gasteiger partial charge in [0.2, 0.25) is 0 Å². The molecule has 3 rings (SSSR count). The molecule has 0 bridgehead atoms. The minimum atomic E-state index is -0.989. The minimum absolute atomic E-state index is 0.243. The molecular weight excluding hydrogens is 259 g/mol. The number of aliphatic carboxylic acids is 1. The molecule has 0 aromatic heterocycles. The summed E-state index contributed by atoms with van der Waals surface area (Å²) in [5.41, 5.74) is 1.76. The third-order valence-electron chi connectivity index (χ3n) is 3.12. The van der Waals surface area contributed by atoms with E-state index in [1.807, 2.05) is 30.3 Å². The van der Waals surface area contributed by atoms with Crippen LogP contribution in [0.15, 0.2) is 52.9 Å². The number of hydrogen-bond donors (Lipinski definition) is 1. The van der Waals surface area contributed by atoms with E-state index in [4.69, 9.17) is 9.52 Å². The highest BCUT2D eigenvalue weighted by Crippen LogP contribution is 2.35. The summed E-state index contributed by atoms with van der Waals surface area (Å²) in [6.45, 7) is 0. The zero-order valence-corrected chi connectivity index (χ0v) is 10.5. The Balaban J connectivity index is 2.24. The van der Waals surface area contributed by atoms with Crippen molar-refractivity contribution >= 4 is 5.97 Å². The monoisotopic (exact) mass is 270 g/mol. The summed E-state index contributed by atoms with van der Waals surface area (Å²) < 4.78 is 19.2. The van der Waals surface area contributed by atoms with E-state index < -0.39 is 5.97 Å². The van der Waals surface area contributed by atoms with E-state index in [-0.39, 0.29) is 12.2 Å². The summed E-state index contributed by atoms with van der Waals surface area (Å²) >= 11 is 0. The van der Waals surface area contributed by atoms with Gasteiger partial charge in [0.1, 0.15) is 23.8 Å². The van der Waals surface area contributed by atoms with Gasteiger partial charge < -0.3 is 9.52 Å². The molecule has 0 radical (unpaired) electrons. The summed E-state index contributed by atoms with van der Waals surface area (Å²) in [5, 5.41) is 8.98. The van der Waals surface area contributed by atoms with Crippen LogP contribution in [0.25, 0.3) is 22.5 Å². The predicted octanol–water partition coefficient (Wildman–Crippen LogP) is 3.82. The Labute approximate surface area is 114 Å². The zero-order valence-electron chi connectivity index (χ0n) is 10.5. The standard InChI is InChI=1S/C16H11FO3/c17-13-6-7-14-12(13)8-11(10-4-2-1-3-5-10)15(20-14)9-16(18)19/h1-8H,9H2,(H,18,19). The van der Waals surface area contributed by atoms with Crippen molar-refractivity contribution in [3.05, 3.63) is 60.1 Å². The molecule has 100 valence electrons. The number of carbonyl (C=O) groups is 1. The first-order valence-corrected chi connectivity index (χ1v) is 6.13. The number of benzene rings is 1. The molecule has 0 spiro atoms. The van der Waals surface area contributed by atoms with Crippen LogP contribution in [0.5, 0.6) is 0 Å². The molecule has 0 unspecified atom stereocenters. The van der Waals surface area contributed by atoms with Crippen molar-refractivity contribution in [1.29, 1.82) is 0 Å². The number of carboxylic acid groups (broad SMARTS) is 1. The van der Waals surface area contributed by atoms with Gasteiger partial charge in [-0.15, -0.1) is 0 Å². The molecule has 3 nitrogen and oxygen atoms in total. The average Bonchev–Trinajstić information content (AvgIpc) is 2.79. The molecule has 1 heterocycles. The first-order valence-electron chi connectivity index (χ1n) is 6.13. The normalized spacial score (nSPS) is 10.8. The second-order valence-electron chi connectivity index (χ2n) is 4.48. The first-order chi connectivity index (χ1) is 9.65. The van der Waals surface area contributed by atoms with Gasteiger partial charge in [-0.2, -0.15) is 0 Å². The van der Waals surface area contributed by atoms with E-state index in [9.17, 15) is 9.18 Å². The molecule has 0 saturated heterocycles. The fourth-order valence-electron chi connectivity index (χ4n) is 2.22. The summed E-state index contributed by atoms with van der Waals surface area (Å²) in [4.78, 5) is 11.0. The SMILES string of the molecule is O=C(O)Cc1oc2ccc(F)c-2cc1-c1ccccc1. The van der Waals surface area contributed by atoms with Crippen molar-refractivity contribution < 1.29 is 18.7 Å². The van der Waals surface area contributed by atoms with Gasteiger partial charge in [0.25, 0.3) is 0 Å². The van der Waals surface area contributed by atoms with Gasteiger partial charge in [0.05, 0.1) is 5.56 Å². The number of carboxylic acids is 1. The lowest BCUT2D eigenvalue weighted by molar-refractivity contribution is -0.136. The van der Waals surface area contributed by atoms with Gasteiger partial charge in [-0.05, 0) is 23.8 Å². The number of fused-ring (bicyclic) bond motifs is 1. The zero-order chi connectivity index (χ0) is 14.1. The second kappa shape index (κ2) is 4.81. The quantitative estimate of drug-likeness (QED) is 0.787. The molecule has 1 aromatic rings. The van der Waals surface area contributed by atoms with Gasteiger partial charge in [-0.1, -0.05) is 30.3 Å². The van der Waals surface area contributed by atoms with Crippen molar-refractivity contribution in [1.82, 2.24) is 0 Å². The smallest absolute Gasteiger partial charge is 0.311 e. The lowest BCUT2D eigenvalue weighted by Gasteiger charge is -2.10. The van der Waals surface area contributed by atoms with Crippen LogP contribution in [-0.2, 0) is 11.2 Å². The summed E-state index contributed by atoms with van der Waals surface area (Å²) in [6.07, 6.45) is -0.243. The maximum atomic E-state index is 13.7. The Bertz CT molecular complexity index is 731. The Kier molecular flexibility index (Phi) is 2.99. The van der Waals surface area contributed by atoms with Gasteiger partial charge in [0.15, 0.2) is 0 Å². The van der Waals surface area contributed by atoms with Gasteiger partial charge in [-0.25, -0.2) is 4.39 Å². The average molecular weight is 270 g/mol. The molecule has 0 atom stereocenters. The van der Waals surface area contributed by atoms with Crippen molar-refractivity contribution in [3.8, 4) is 22.5 Å². The lowest BCUT2D eigenvalue weighted by atomic mass is 10.0. The van der Waals surface area contributed by atoms with Crippen molar-refractivity contribution in [2.24, 2.45) is 0 Å². The van der Waals surface area contributed by atoms with E-state index in [1.165, 1.54) is 12.1 Å². The number of hydrogen-bond acceptors (Lipinski definition) is 2. The Morgan fingerprint density at radius 2 is 1.85 bits per heavy atom. The van der Waals surface area contributed by atoms with Crippen LogP contribution in [0.3, 0.4) is 0 Å². The Hall–Kier alpha value is -2.62. The molecular formula is C16H11FO3. The molecule has 4 heteroatoms. The summed E-state index contributed by atoms with van der Waals surface area (Å²) in [5.74, 6) is -0.680. The van der Waals surface area contributed by atoms with E-state index in [0.717, 1.165) is 5.56 Å². The van der Waals surface area contributed by atoms with Crippen LogP contribution < -0.4 is 0 Å². The van der Waals surface area contributed by atoms with E-state index >= 15 is 0 Å². The minimum Gasteiger partial charge on any atom is -0.481 e. The number of rotatable bonds is 3. The maximum Gasteiger partial charge on any atom is 0.311 e. The van der Waals surface area contributed by atoms with Gasteiger partial charge in [-0.3, -0.25) is 4.79 Å². The maximum absolute atomic E-state index is 13.7. The molecule has 20 heavy (non-hydrogen) atoms. The van der Waals surface area contributed by atoms with Crippen molar-refractivity contribution in [3.63, 3.8) is 0 Å². The van der Waals surface area contributed by atoms with Crippen LogP contribution in [-0.4, -0.2) is 11.1 Å². The Morgan fingerprint density at radius 1 is 1.10 bits per heavy atom. The largest absolute Gasteiger partial charge is 0.481 e. The molecule has 1 aliphatic heterocycles. The summed E-state index contributed by atoms with van der Waals surface area (Å²) in [7, 11) is 0. The third kappa shape index (κ3) is 2.16. The van der Waals surface area contributed by atoms with E-state index in [0.29, 0.717) is 22.6 Å². The van der Waals surface area contributed by atoms with Gasteiger partial charge >= 0.3 is 5.97 Å². The Morgan fingerprint density at radius 3 is 2.55 bits per heavy atom. The fraction of sp³-hybridized carbons (Fsp3) is 0.0625. The van der Waals surface area contributed by atoms with Crippen molar-refractivity contribution in [2.75, 3.05) is 0 Å². The predicted molar refractivity (Wildman–Crippen MR) is 72.1 cm³/mol. The van der Waals surface area contributed by atoms with E-state index in [2.05, 4.69) is 0 Å². The van der Waals surface area contributed by atoms with Gasteiger partial charge in [0, 0.05) is 5.56 Å². The molecule has 1 aromatic carbocycles. The highest BCUT2D eigenvalue weighted by atomic mass is 19.1. The molecule has 2 aliphatic rings. The molecule has 0 fully saturated rings. The highest BCUT2D eigenvalue weighted by molar-refractivity contribution is 5.78. The van der Waals surface area contributed by atoms with Crippen LogP contribution in [0.2, 0.25) is 0 Å². The highest BCUT2D eigenvalue weighted by Gasteiger charge is 2.19. The van der Waals surface area contributed by atoms with Crippen LogP contribution >= 0.6 is 0 Å². The van der Waals surface area contributed by atoms with Crippen molar-refractivity contribution in [2.45, 2.75) is 6.42 Å². The van der Waals surface area contributed by atoms with Crippen LogP contribution in [0.1, 0.15) is 5.76 Å². The second-order valence-corrected chi connectivity index (χ2v) is 4.48. The summed E-state index contributed by atoms with van der Waals surface area (Å²) in [6, 6.07) is 13.7. The third-order valence-corrected chi connectivity index (χ3v) is 3.12. The molecule has 1 N–H and O–H groups in total. The molecule has 1 aliphatic carbocycles. The topological polar surface area (TPSA) is 50.4 Å². The first kappa shape index (κ1) is 12.4. The molecule has 0 amide bonds.